The van der Waals surface area contributed by atoms with Crippen molar-refractivity contribution in [3.05, 3.63) is 6.92 Å². The molecule has 1 atom stereocenters. The quantitative estimate of drug-likeness (QED) is 0.622. The van der Waals surface area contributed by atoms with Crippen molar-refractivity contribution in [1.29, 1.82) is 0 Å². The fourth-order valence-electron chi connectivity index (χ4n) is 1.71. The first-order valence-electron chi connectivity index (χ1n) is 5.60. The van der Waals surface area contributed by atoms with E-state index in [0.717, 1.165) is 51.7 Å². The zero-order valence-corrected chi connectivity index (χ0v) is 8.85. The van der Waals surface area contributed by atoms with E-state index in [-0.39, 0.29) is 6.04 Å². The average Bonchev–Trinajstić information content (AvgIpc) is 2.25. The SMILES string of the molecule is [CH2]CCCCCC(=O)C1CNCCN1. The van der Waals surface area contributed by atoms with Gasteiger partial charge in [-0.3, -0.25) is 4.79 Å². The summed E-state index contributed by atoms with van der Waals surface area (Å²) in [4.78, 5) is 11.6. The molecule has 0 aromatic rings. The van der Waals surface area contributed by atoms with Gasteiger partial charge < -0.3 is 10.6 Å². The van der Waals surface area contributed by atoms with Crippen LogP contribution in [0.1, 0.15) is 32.1 Å². The molecule has 14 heavy (non-hydrogen) atoms. The lowest BCUT2D eigenvalue weighted by molar-refractivity contribution is -0.121. The van der Waals surface area contributed by atoms with Crippen molar-refractivity contribution in [3.8, 4) is 0 Å². The predicted molar refractivity (Wildman–Crippen MR) is 58.1 cm³/mol. The second-order valence-electron chi connectivity index (χ2n) is 3.84. The number of hydrogen-bond acceptors (Lipinski definition) is 3. The lowest BCUT2D eigenvalue weighted by Crippen LogP contribution is -2.52. The third-order valence-corrected chi connectivity index (χ3v) is 2.60. The van der Waals surface area contributed by atoms with Gasteiger partial charge in [-0.2, -0.15) is 0 Å². The number of carbonyl (C=O) groups excluding carboxylic acids is 1. The Morgan fingerprint density at radius 2 is 2.14 bits per heavy atom. The number of unbranched alkanes of at least 4 members (excludes halogenated alkanes) is 3. The molecular formula is C11H21N2O. The van der Waals surface area contributed by atoms with E-state index in [0.29, 0.717) is 5.78 Å². The maximum absolute atomic E-state index is 11.6. The Kier molecular flexibility index (Phi) is 5.80. The van der Waals surface area contributed by atoms with Crippen molar-refractivity contribution in [1.82, 2.24) is 10.6 Å². The largest absolute Gasteiger partial charge is 0.313 e. The van der Waals surface area contributed by atoms with E-state index in [4.69, 9.17) is 0 Å². The van der Waals surface area contributed by atoms with Crippen LogP contribution in [0.4, 0.5) is 0 Å². The van der Waals surface area contributed by atoms with E-state index in [2.05, 4.69) is 17.6 Å². The molecular weight excluding hydrogens is 176 g/mol. The molecule has 1 fully saturated rings. The van der Waals surface area contributed by atoms with Gasteiger partial charge in [0.1, 0.15) is 0 Å². The van der Waals surface area contributed by atoms with Gasteiger partial charge in [-0.05, 0) is 6.42 Å². The fraction of sp³-hybridized carbons (Fsp3) is 0.818. The first-order valence-corrected chi connectivity index (χ1v) is 5.60. The number of carbonyl (C=O) groups is 1. The normalized spacial score (nSPS) is 22.2. The van der Waals surface area contributed by atoms with Crippen LogP contribution in [0.3, 0.4) is 0 Å². The number of Topliss-reactive ketones (excluding diaryl/α,β-unsaturated/α-hetero) is 1. The summed E-state index contributed by atoms with van der Waals surface area (Å²) in [7, 11) is 0. The van der Waals surface area contributed by atoms with E-state index in [1.807, 2.05) is 0 Å². The van der Waals surface area contributed by atoms with Gasteiger partial charge >= 0.3 is 0 Å². The Morgan fingerprint density at radius 3 is 2.79 bits per heavy atom. The minimum absolute atomic E-state index is 0.0588. The maximum Gasteiger partial charge on any atom is 0.151 e. The molecule has 1 radical (unpaired) electrons. The van der Waals surface area contributed by atoms with Crippen LogP contribution < -0.4 is 10.6 Å². The van der Waals surface area contributed by atoms with Gasteiger partial charge in [0.25, 0.3) is 0 Å². The standard InChI is InChI=1S/C11H21N2O/c1-2-3-4-5-6-11(14)10-9-12-7-8-13-10/h10,12-13H,1-9H2. The third-order valence-electron chi connectivity index (χ3n) is 2.60. The van der Waals surface area contributed by atoms with Gasteiger partial charge in [0, 0.05) is 26.1 Å². The average molecular weight is 197 g/mol. The molecule has 1 aliphatic rings. The summed E-state index contributed by atoms with van der Waals surface area (Å²) in [5, 5.41) is 6.46. The molecule has 3 heteroatoms. The van der Waals surface area contributed by atoms with Crippen LogP contribution in [0, 0.1) is 6.92 Å². The highest BCUT2D eigenvalue weighted by molar-refractivity contribution is 5.84. The number of hydrogen-bond donors (Lipinski definition) is 2. The maximum atomic E-state index is 11.6. The van der Waals surface area contributed by atoms with Crippen LogP contribution in [0.5, 0.6) is 0 Å². The van der Waals surface area contributed by atoms with E-state index >= 15 is 0 Å². The Balaban J connectivity index is 2.07. The minimum Gasteiger partial charge on any atom is -0.313 e. The summed E-state index contributed by atoms with van der Waals surface area (Å²) in [6.07, 6.45) is 5.00. The van der Waals surface area contributed by atoms with Gasteiger partial charge in [0.15, 0.2) is 5.78 Å². The smallest absolute Gasteiger partial charge is 0.151 e. The lowest BCUT2D eigenvalue weighted by Gasteiger charge is -2.23. The first kappa shape index (κ1) is 11.7. The van der Waals surface area contributed by atoms with E-state index in [1.165, 1.54) is 0 Å². The molecule has 1 saturated heterocycles. The van der Waals surface area contributed by atoms with Crippen molar-refractivity contribution < 1.29 is 4.79 Å². The van der Waals surface area contributed by atoms with Crippen LogP contribution >= 0.6 is 0 Å². The van der Waals surface area contributed by atoms with Crippen molar-refractivity contribution >= 4 is 5.78 Å². The number of nitrogens with one attached hydrogen (secondary N) is 2. The molecule has 0 spiro atoms. The van der Waals surface area contributed by atoms with Gasteiger partial charge in [-0.25, -0.2) is 0 Å². The van der Waals surface area contributed by atoms with Gasteiger partial charge in [-0.15, -0.1) is 0 Å². The molecule has 81 valence electrons. The zero-order chi connectivity index (χ0) is 10.2. The minimum atomic E-state index is 0.0588. The second-order valence-corrected chi connectivity index (χ2v) is 3.84. The first-order chi connectivity index (χ1) is 6.84. The van der Waals surface area contributed by atoms with Crippen molar-refractivity contribution in [2.24, 2.45) is 0 Å². The predicted octanol–water partition coefficient (Wildman–Crippen LogP) is 0.901. The number of rotatable bonds is 6. The van der Waals surface area contributed by atoms with Crippen LogP contribution in [0.25, 0.3) is 0 Å². The van der Waals surface area contributed by atoms with E-state index in [9.17, 15) is 4.79 Å². The Hall–Kier alpha value is -0.410. The highest BCUT2D eigenvalue weighted by Crippen LogP contribution is 2.05. The van der Waals surface area contributed by atoms with Gasteiger partial charge in [0.2, 0.25) is 0 Å². The van der Waals surface area contributed by atoms with E-state index in [1.54, 1.807) is 0 Å². The highest BCUT2D eigenvalue weighted by atomic mass is 16.1. The topological polar surface area (TPSA) is 41.1 Å². The zero-order valence-electron chi connectivity index (χ0n) is 8.85. The van der Waals surface area contributed by atoms with Gasteiger partial charge in [-0.1, -0.05) is 26.2 Å². The Morgan fingerprint density at radius 1 is 1.29 bits per heavy atom. The summed E-state index contributed by atoms with van der Waals surface area (Å²) in [6.45, 7) is 6.47. The molecule has 0 amide bonds. The van der Waals surface area contributed by atoms with Crippen LogP contribution in [0.2, 0.25) is 0 Å². The summed E-state index contributed by atoms with van der Waals surface area (Å²) in [5.41, 5.74) is 0. The van der Waals surface area contributed by atoms with Crippen LogP contribution in [0.15, 0.2) is 0 Å². The number of ketones is 1. The summed E-state index contributed by atoms with van der Waals surface area (Å²) >= 11 is 0. The Bertz CT molecular complexity index is 165. The molecule has 1 aliphatic heterocycles. The second kappa shape index (κ2) is 6.96. The number of piperazine rings is 1. The van der Waals surface area contributed by atoms with Crippen LogP contribution in [-0.4, -0.2) is 31.5 Å². The molecule has 1 unspecified atom stereocenters. The lowest BCUT2D eigenvalue weighted by atomic mass is 10.0. The molecule has 1 heterocycles. The van der Waals surface area contributed by atoms with Crippen LogP contribution in [-0.2, 0) is 4.79 Å². The Labute approximate surface area is 86.6 Å². The molecule has 0 aromatic heterocycles. The molecule has 1 rings (SSSR count). The summed E-state index contributed by atoms with van der Waals surface area (Å²) in [5.74, 6) is 0.362. The third kappa shape index (κ3) is 4.20. The molecule has 2 N–H and O–H groups in total. The van der Waals surface area contributed by atoms with Gasteiger partial charge in [0.05, 0.1) is 6.04 Å². The van der Waals surface area contributed by atoms with Crippen molar-refractivity contribution in [2.45, 2.75) is 38.1 Å². The van der Waals surface area contributed by atoms with Crippen molar-refractivity contribution in [2.75, 3.05) is 19.6 Å². The monoisotopic (exact) mass is 197 g/mol. The van der Waals surface area contributed by atoms with E-state index < -0.39 is 0 Å². The molecule has 0 aliphatic carbocycles. The summed E-state index contributed by atoms with van der Waals surface area (Å²) < 4.78 is 0. The molecule has 3 nitrogen and oxygen atoms in total. The molecule has 0 saturated carbocycles. The highest BCUT2D eigenvalue weighted by Gasteiger charge is 2.18. The molecule has 0 bridgehead atoms. The molecule has 0 aromatic carbocycles. The van der Waals surface area contributed by atoms with Crippen molar-refractivity contribution in [3.63, 3.8) is 0 Å². The summed E-state index contributed by atoms with van der Waals surface area (Å²) in [6, 6.07) is 0.0588. The fourth-order valence-corrected chi connectivity index (χ4v) is 1.71.